The monoisotopic (exact) mass is 312 g/mol. The van der Waals surface area contributed by atoms with Crippen LogP contribution in [0.15, 0.2) is 18.2 Å². The van der Waals surface area contributed by atoms with Gasteiger partial charge in [-0.2, -0.15) is 15.0 Å². The Bertz CT molecular complexity index is 607. The number of ether oxygens (including phenoxy) is 1. The van der Waals surface area contributed by atoms with Gasteiger partial charge in [0.25, 0.3) is 0 Å². The summed E-state index contributed by atoms with van der Waals surface area (Å²) in [5.41, 5.74) is 0.911. The molecule has 0 aliphatic heterocycles. The maximum absolute atomic E-state index is 5.96. The predicted molar refractivity (Wildman–Crippen MR) is 79.9 cm³/mol. The van der Waals surface area contributed by atoms with Crippen LogP contribution in [0.5, 0.6) is 11.8 Å². The Kier molecular flexibility index (Phi) is 4.98. The summed E-state index contributed by atoms with van der Waals surface area (Å²) in [6, 6.07) is 5.45. The minimum absolute atomic E-state index is 0.0827. The van der Waals surface area contributed by atoms with E-state index in [-0.39, 0.29) is 11.3 Å². The van der Waals surface area contributed by atoms with E-state index in [9.17, 15) is 0 Å². The van der Waals surface area contributed by atoms with Crippen LogP contribution in [0.4, 0.5) is 5.95 Å². The number of hydrogen-bond donors (Lipinski definition) is 1. The second-order valence-corrected chi connectivity index (χ2v) is 4.90. The Balaban J connectivity index is 2.19. The van der Waals surface area contributed by atoms with Gasteiger partial charge >= 0.3 is 6.01 Å². The van der Waals surface area contributed by atoms with Crippen molar-refractivity contribution in [2.45, 2.75) is 20.3 Å². The van der Waals surface area contributed by atoms with Crippen LogP contribution < -0.4 is 10.1 Å². The zero-order chi connectivity index (χ0) is 14.5. The van der Waals surface area contributed by atoms with Gasteiger partial charge in [0.05, 0.1) is 0 Å². The Hall–Kier alpha value is -1.59. The summed E-state index contributed by atoms with van der Waals surface area (Å²) in [4.78, 5) is 12.1. The molecule has 0 spiro atoms. The van der Waals surface area contributed by atoms with Crippen LogP contribution in [-0.2, 0) is 0 Å². The van der Waals surface area contributed by atoms with E-state index >= 15 is 0 Å². The van der Waals surface area contributed by atoms with Gasteiger partial charge in [0.1, 0.15) is 5.75 Å². The van der Waals surface area contributed by atoms with Gasteiger partial charge in [-0.1, -0.05) is 18.5 Å². The summed E-state index contributed by atoms with van der Waals surface area (Å²) in [6.07, 6.45) is 0.954. The summed E-state index contributed by atoms with van der Waals surface area (Å²) >= 11 is 11.8. The van der Waals surface area contributed by atoms with Crippen molar-refractivity contribution in [1.82, 2.24) is 15.0 Å². The molecule has 2 aromatic rings. The average molecular weight is 313 g/mol. The molecule has 0 aliphatic carbocycles. The van der Waals surface area contributed by atoms with Gasteiger partial charge in [0.15, 0.2) is 0 Å². The van der Waals surface area contributed by atoms with Gasteiger partial charge in [-0.3, -0.25) is 0 Å². The topological polar surface area (TPSA) is 59.9 Å². The highest BCUT2D eigenvalue weighted by Crippen LogP contribution is 2.24. The van der Waals surface area contributed by atoms with Crippen molar-refractivity contribution in [3.8, 4) is 11.8 Å². The minimum atomic E-state index is 0.0827. The zero-order valence-electron chi connectivity index (χ0n) is 11.2. The molecule has 0 saturated heterocycles. The van der Waals surface area contributed by atoms with E-state index in [0.717, 1.165) is 18.5 Å². The van der Waals surface area contributed by atoms with Gasteiger partial charge in [-0.05, 0) is 48.7 Å². The number of benzene rings is 1. The molecule has 1 aromatic heterocycles. The van der Waals surface area contributed by atoms with Crippen LogP contribution in [0.2, 0.25) is 10.3 Å². The highest BCUT2D eigenvalue weighted by molar-refractivity contribution is 6.31. The number of aryl methyl sites for hydroxylation is 1. The fourth-order valence-corrected chi connectivity index (χ4v) is 1.75. The summed E-state index contributed by atoms with van der Waals surface area (Å²) in [7, 11) is 0. The number of hydrogen-bond acceptors (Lipinski definition) is 5. The molecule has 0 unspecified atom stereocenters. The number of nitrogens with zero attached hydrogens (tertiary/aromatic N) is 3. The van der Waals surface area contributed by atoms with Crippen LogP contribution in [0.25, 0.3) is 0 Å². The Morgan fingerprint density at radius 3 is 2.70 bits per heavy atom. The minimum Gasteiger partial charge on any atom is -0.424 e. The van der Waals surface area contributed by atoms with E-state index < -0.39 is 0 Å². The molecule has 7 heteroatoms. The normalized spacial score (nSPS) is 10.4. The lowest BCUT2D eigenvalue weighted by Gasteiger charge is -2.08. The third kappa shape index (κ3) is 3.95. The third-order valence-electron chi connectivity index (χ3n) is 2.46. The molecule has 1 N–H and O–H groups in total. The summed E-state index contributed by atoms with van der Waals surface area (Å²) in [5.74, 6) is 0.989. The second kappa shape index (κ2) is 6.72. The molecule has 1 aromatic carbocycles. The molecule has 5 nitrogen and oxygen atoms in total. The van der Waals surface area contributed by atoms with E-state index in [1.54, 1.807) is 18.2 Å². The van der Waals surface area contributed by atoms with E-state index in [1.807, 2.05) is 13.8 Å². The van der Waals surface area contributed by atoms with Crippen molar-refractivity contribution in [3.63, 3.8) is 0 Å². The summed E-state index contributed by atoms with van der Waals surface area (Å²) in [5, 5.41) is 3.79. The first-order chi connectivity index (χ1) is 9.58. The summed E-state index contributed by atoms with van der Waals surface area (Å²) in [6.45, 7) is 4.69. The first-order valence-corrected chi connectivity index (χ1v) is 6.93. The zero-order valence-corrected chi connectivity index (χ0v) is 12.7. The Morgan fingerprint density at radius 2 is 2.00 bits per heavy atom. The largest absolute Gasteiger partial charge is 0.424 e. The van der Waals surface area contributed by atoms with E-state index in [4.69, 9.17) is 27.9 Å². The van der Waals surface area contributed by atoms with Gasteiger partial charge in [-0.25, -0.2) is 0 Å². The Labute approximate surface area is 127 Å². The molecule has 0 saturated carbocycles. The van der Waals surface area contributed by atoms with Crippen molar-refractivity contribution in [3.05, 3.63) is 34.1 Å². The Morgan fingerprint density at radius 1 is 1.20 bits per heavy atom. The first kappa shape index (κ1) is 14.8. The number of halogens is 2. The lowest BCUT2D eigenvalue weighted by Crippen LogP contribution is -2.06. The molecule has 0 fully saturated rings. The number of anilines is 1. The number of rotatable bonds is 5. The number of aromatic nitrogens is 3. The van der Waals surface area contributed by atoms with Crippen LogP contribution in [0.1, 0.15) is 18.9 Å². The van der Waals surface area contributed by atoms with Crippen LogP contribution in [0, 0.1) is 6.92 Å². The smallest absolute Gasteiger partial charge is 0.328 e. The van der Waals surface area contributed by atoms with Crippen LogP contribution in [-0.4, -0.2) is 21.5 Å². The van der Waals surface area contributed by atoms with Gasteiger partial charge < -0.3 is 10.1 Å². The molecule has 0 bridgehead atoms. The van der Waals surface area contributed by atoms with Crippen molar-refractivity contribution < 1.29 is 4.74 Å². The molecule has 0 atom stereocenters. The molecule has 0 radical (unpaired) electrons. The lowest BCUT2D eigenvalue weighted by atomic mass is 10.2. The molecule has 1 heterocycles. The maximum Gasteiger partial charge on any atom is 0.328 e. The highest BCUT2D eigenvalue weighted by Gasteiger charge is 2.07. The fourth-order valence-electron chi connectivity index (χ4n) is 1.48. The van der Waals surface area contributed by atoms with Crippen molar-refractivity contribution in [1.29, 1.82) is 0 Å². The molecule has 20 heavy (non-hydrogen) atoms. The predicted octanol–water partition coefficient (Wildman–Crippen LogP) is 4.10. The fraction of sp³-hybridized carbons (Fsp3) is 0.308. The maximum atomic E-state index is 5.96. The van der Waals surface area contributed by atoms with Crippen LogP contribution in [0.3, 0.4) is 0 Å². The lowest BCUT2D eigenvalue weighted by molar-refractivity contribution is 0.440. The highest BCUT2D eigenvalue weighted by atomic mass is 35.5. The summed E-state index contributed by atoms with van der Waals surface area (Å²) < 4.78 is 5.57. The quantitative estimate of drug-likeness (QED) is 0.900. The third-order valence-corrected chi connectivity index (χ3v) is 3.05. The average Bonchev–Trinajstić information content (AvgIpc) is 2.40. The van der Waals surface area contributed by atoms with E-state index in [1.165, 1.54) is 0 Å². The first-order valence-electron chi connectivity index (χ1n) is 6.18. The van der Waals surface area contributed by atoms with E-state index in [0.29, 0.717) is 16.7 Å². The molecular formula is C13H14Cl2N4O. The molecule has 106 valence electrons. The standard InChI is InChI=1S/C13H14Cl2N4O/c1-3-6-16-12-17-11(15)18-13(19-12)20-9-4-5-10(14)8(2)7-9/h4-5,7H,3,6H2,1-2H3,(H,16,17,18,19). The van der Waals surface area contributed by atoms with E-state index in [2.05, 4.69) is 20.3 Å². The molecule has 2 rings (SSSR count). The molecule has 0 aliphatic rings. The van der Waals surface area contributed by atoms with Crippen molar-refractivity contribution in [2.75, 3.05) is 11.9 Å². The van der Waals surface area contributed by atoms with Crippen molar-refractivity contribution in [2.24, 2.45) is 0 Å². The van der Waals surface area contributed by atoms with Gasteiger partial charge in [0.2, 0.25) is 11.2 Å². The SMILES string of the molecule is CCCNc1nc(Cl)nc(Oc2ccc(Cl)c(C)c2)n1. The van der Waals surface area contributed by atoms with Gasteiger partial charge in [-0.15, -0.1) is 0 Å². The second-order valence-electron chi connectivity index (χ2n) is 4.15. The van der Waals surface area contributed by atoms with Crippen LogP contribution >= 0.6 is 23.2 Å². The van der Waals surface area contributed by atoms with Crippen molar-refractivity contribution >= 4 is 29.2 Å². The van der Waals surface area contributed by atoms with Gasteiger partial charge in [0, 0.05) is 11.6 Å². The number of nitrogens with one attached hydrogen (secondary N) is 1. The molecular weight excluding hydrogens is 299 g/mol. The molecule has 0 amide bonds.